The Bertz CT molecular complexity index is 425. The van der Waals surface area contributed by atoms with Gasteiger partial charge in [-0.3, -0.25) is 4.79 Å². The Morgan fingerprint density at radius 2 is 1.88 bits per heavy atom. The summed E-state index contributed by atoms with van der Waals surface area (Å²) < 4.78 is 66.6. The van der Waals surface area contributed by atoms with Gasteiger partial charge >= 0.3 is 12.6 Å². The number of halogens is 5. The molecule has 0 bridgehead atoms. The van der Waals surface area contributed by atoms with E-state index in [1.54, 1.807) is 0 Å². The Morgan fingerprint density at radius 1 is 1.29 bits per heavy atom. The van der Waals surface area contributed by atoms with Gasteiger partial charge in [-0.25, -0.2) is 8.78 Å². The molecule has 0 saturated heterocycles. The zero-order valence-corrected chi connectivity index (χ0v) is 8.52. The van der Waals surface area contributed by atoms with Crippen LogP contribution in [0.15, 0.2) is 18.2 Å². The van der Waals surface area contributed by atoms with Crippen molar-refractivity contribution in [1.82, 2.24) is 0 Å². The number of methoxy groups -OCH3 is 1. The lowest BCUT2D eigenvalue weighted by molar-refractivity contribution is -0.138. The molecular formula is C10H7F5O2. The quantitative estimate of drug-likeness (QED) is 0.611. The monoisotopic (exact) mass is 254 g/mol. The molecule has 1 rings (SSSR count). The summed E-state index contributed by atoms with van der Waals surface area (Å²) in [6, 6.07) is 2.55. The number of rotatable bonds is 3. The van der Waals surface area contributed by atoms with Crippen LogP contribution in [0.1, 0.15) is 15.9 Å². The third kappa shape index (κ3) is 2.72. The summed E-state index contributed by atoms with van der Waals surface area (Å²) in [7, 11) is 0.998. The van der Waals surface area contributed by atoms with E-state index in [1.807, 2.05) is 0 Å². The predicted octanol–water partition coefficient (Wildman–Crippen LogP) is 3.16. The minimum absolute atomic E-state index is 0.523. The van der Waals surface area contributed by atoms with Gasteiger partial charge in [-0.05, 0) is 12.1 Å². The van der Waals surface area contributed by atoms with Gasteiger partial charge in [0, 0.05) is 0 Å². The first-order chi connectivity index (χ1) is 7.79. The highest BCUT2D eigenvalue weighted by Gasteiger charge is 2.38. The van der Waals surface area contributed by atoms with Crippen LogP contribution < -0.4 is 4.74 Å². The van der Waals surface area contributed by atoms with Crippen LogP contribution in [0.3, 0.4) is 0 Å². The fourth-order valence-electron chi connectivity index (χ4n) is 1.30. The second kappa shape index (κ2) is 4.68. The maximum atomic E-state index is 12.5. The Hall–Kier alpha value is -1.66. The van der Waals surface area contributed by atoms with Gasteiger partial charge in [0.05, 0.1) is 18.2 Å². The van der Waals surface area contributed by atoms with Gasteiger partial charge in [0.1, 0.15) is 5.75 Å². The molecule has 0 aromatic heterocycles. The van der Waals surface area contributed by atoms with Crippen LogP contribution in [0.4, 0.5) is 22.0 Å². The first-order valence-corrected chi connectivity index (χ1v) is 4.35. The van der Waals surface area contributed by atoms with Gasteiger partial charge in [0.2, 0.25) is 5.78 Å². The summed E-state index contributed by atoms with van der Waals surface area (Å²) in [5, 5.41) is 0. The molecule has 0 amide bonds. The maximum Gasteiger partial charge on any atom is 0.417 e. The van der Waals surface area contributed by atoms with Gasteiger partial charge in [0.15, 0.2) is 0 Å². The normalized spacial score (nSPS) is 11.7. The number of benzene rings is 1. The molecule has 0 atom stereocenters. The van der Waals surface area contributed by atoms with E-state index in [0.717, 1.165) is 19.2 Å². The molecule has 0 unspecified atom stereocenters. The summed E-state index contributed by atoms with van der Waals surface area (Å²) in [6.45, 7) is 0. The van der Waals surface area contributed by atoms with Crippen molar-refractivity contribution in [3.63, 3.8) is 0 Å². The first-order valence-electron chi connectivity index (χ1n) is 4.35. The van der Waals surface area contributed by atoms with Crippen molar-refractivity contribution < 1.29 is 31.5 Å². The fourth-order valence-corrected chi connectivity index (χ4v) is 1.30. The number of Topliss-reactive ketones (excluding diaryl/α,β-unsaturated/α-hetero) is 1. The molecule has 0 aliphatic rings. The molecular weight excluding hydrogens is 247 g/mol. The zero-order chi connectivity index (χ0) is 13.2. The number of hydrogen-bond donors (Lipinski definition) is 0. The Kier molecular flexibility index (Phi) is 3.69. The first kappa shape index (κ1) is 13.4. The molecule has 0 spiro atoms. The molecule has 94 valence electrons. The number of ketones is 1. The Labute approximate surface area is 93.0 Å². The van der Waals surface area contributed by atoms with E-state index >= 15 is 0 Å². The number of ether oxygens (including phenoxy) is 1. The molecule has 0 N–H and O–H groups in total. The van der Waals surface area contributed by atoms with Gasteiger partial charge in [-0.2, -0.15) is 13.2 Å². The van der Waals surface area contributed by atoms with Crippen LogP contribution in [0.5, 0.6) is 5.75 Å². The molecule has 1 aromatic rings. The molecule has 0 saturated carbocycles. The maximum absolute atomic E-state index is 12.5. The summed E-state index contributed by atoms with van der Waals surface area (Å²) in [5.74, 6) is -2.43. The number of carbonyl (C=O) groups excluding carboxylic acids is 1. The molecule has 0 heterocycles. The summed E-state index contributed by atoms with van der Waals surface area (Å²) >= 11 is 0. The lowest BCUT2D eigenvalue weighted by atomic mass is 10.0. The van der Waals surface area contributed by atoms with E-state index in [-0.39, 0.29) is 0 Å². The SMILES string of the molecule is COc1cccc(C(F)(F)F)c1C(=O)C(F)F. The van der Waals surface area contributed by atoms with Crippen molar-refractivity contribution in [2.24, 2.45) is 0 Å². The van der Waals surface area contributed by atoms with Crippen molar-refractivity contribution in [2.45, 2.75) is 12.6 Å². The topological polar surface area (TPSA) is 26.3 Å². The molecule has 0 aliphatic heterocycles. The summed E-state index contributed by atoms with van der Waals surface area (Å²) in [4.78, 5) is 11.1. The largest absolute Gasteiger partial charge is 0.496 e. The number of hydrogen-bond acceptors (Lipinski definition) is 2. The minimum atomic E-state index is -4.89. The van der Waals surface area contributed by atoms with Crippen LogP contribution in [-0.2, 0) is 6.18 Å². The van der Waals surface area contributed by atoms with Crippen LogP contribution in [0, 0.1) is 0 Å². The van der Waals surface area contributed by atoms with Crippen molar-refractivity contribution in [1.29, 1.82) is 0 Å². The molecule has 1 aromatic carbocycles. The van der Waals surface area contributed by atoms with Gasteiger partial charge in [0.25, 0.3) is 0 Å². The summed E-state index contributed by atoms with van der Waals surface area (Å²) in [5.41, 5.74) is -2.57. The van der Waals surface area contributed by atoms with Gasteiger partial charge in [-0.15, -0.1) is 0 Å². The smallest absolute Gasteiger partial charge is 0.417 e. The molecule has 0 aliphatic carbocycles. The Balaban J connectivity index is 3.47. The number of carbonyl (C=O) groups is 1. The van der Waals surface area contributed by atoms with Crippen LogP contribution in [0.2, 0.25) is 0 Å². The molecule has 17 heavy (non-hydrogen) atoms. The lowest BCUT2D eigenvalue weighted by Gasteiger charge is -2.14. The molecule has 7 heteroatoms. The average molecular weight is 254 g/mol. The standard InChI is InChI=1S/C10H7F5O2/c1-17-6-4-2-3-5(10(13,14)15)7(6)8(16)9(11)12/h2-4,9H,1H3. The van der Waals surface area contributed by atoms with E-state index in [1.165, 1.54) is 0 Å². The lowest BCUT2D eigenvalue weighted by Crippen LogP contribution is -2.19. The van der Waals surface area contributed by atoms with Crippen molar-refractivity contribution in [3.8, 4) is 5.75 Å². The highest BCUT2D eigenvalue weighted by molar-refractivity contribution is 6.02. The molecule has 2 nitrogen and oxygen atoms in total. The number of alkyl halides is 5. The van der Waals surface area contributed by atoms with Crippen molar-refractivity contribution in [2.75, 3.05) is 7.11 Å². The van der Waals surface area contributed by atoms with Crippen LogP contribution >= 0.6 is 0 Å². The average Bonchev–Trinajstić information content (AvgIpc) is 2.25. The minimum Gasteiger partial charge on any atom is -0.496 e. The van der Waals surface area contributed by atoms with Crippen molar-refractivity contribution >= 4 is 5.78 Å². The van der Waals surface area contributed by atoms with Crippen molar-refractivity contribution in [3.05, 3.63) is 29.3 Å². The second-order valence-corrected chi connectivity index (χ2v) is 3.05. The summed E-state index contributed by atoms with van der Waals surface area (Å²) in [6.07, 6.45) is -8.42. The fraction of sp³-hybridized carbons (Fsp3) is 0.300. The van der Waals surface area contributed by atoms with Gasteiger partial charge < -0.3 is 4.74 Å². The molecule has 0 fully saturated rings. The predicted molar refractivity (Wildman–Crippen MR) is 48.3 cm³/mol. The van der Waals surface area contributed by atoms with E-state index in [4.69, 9.17) is 0 Å². The van der Waals surface area contributed by atoms with Gasteiger partial charge in [-0.1, -0.05) is 6.07 Å². The van der Waals surface area contributed by atoms with Crippen LogP contribution in [-0.4, -0.2) is 19.3 Å². The zero-order valence-electron chi connectivity index (χ0n) is 8.52. The highest BCUT2D eigenvalue weighted by Crippen LogP contribution is 2.36. The third-order valence-electron chi connectivity index (χ3n) is 2.00. The van der Waals surface area contributed by atoms with E-state index in [0.29, 0.717) is 6.07 Å². The second-order valence-electron chi connectivity index (χ2n) is 3.05. The van der Waals surface area contributed by atoms with Crippen LogP contribution in [0.25, 0.3) is 0 Å². The molecule has 0 radical (unpaired) electrons. The Morgan fingerprint density at radius 3 is 2.29 bits per heavy atom. The van der Waals surface area contributed by atoms with E-state index in [9.17, 15) is 26.7 Å². The highest BCUT2D eigenvalue weighted by atomic mass is 19.4. The van der Waals surface area contributed by atoms with E-state index in [2.05, 4.69) is 4.74 Å². The van der Waals surface area contributed by atoms with E-state index < -0.39 is 35.3 Å². The third-order valence-corrected chi connectivity index (χ3v) is 2.00.